The van der Waals surface area contributed by atoms with Crippen molar-refractivity contribution in [2.24, 2.45) is 5.92 Å². The summed E-state index contributed by atoms with van der Waals surface area (Å²) in [6, 6.07) is 0.366. The van der Waals surface area contributed by atoms with E-state index in [2.05, 4.69) is 18.7 Å². The molecule has 0 bridgehead atoms. The van der Waals surface area contributed by atoms with E-state index in [0.29, 0.717) is 18.1 Å². The maximum absolute atomic E-state index is 12.5. The Morgan fingerprint density at radius 2 is 2.00 bits per heavy atom. The predicted molar refractivity (Wildman–Crippen MR) is 67.8 cm³/mol. The van der Waals surface area contributed by atoms with E-state index in [1.165, 1.54) is 12.8 Å². The largest absolute Gasteiger partial charge is 0.374 e. The number of hydrogen-bond donors (Lipinski definition) is 0. The molecule has 0 aromatic rings. The Labute approximate surface area is 105 Å². The summed E-state index contributed by atoms with van der Waals surface area (Å²) in [7, 11) is 0. The Morgan fingerprint density at radius 3 is 2.71 bits per heavy atom. The molecule has 2 atom stereocenters. The number of amides is 1. The van der Waals surface area contributed by atoms with Gasteiger partial charge >= 0.3 is 0 Å². The Morgan fingerprint density at radius 1 is 1.29 bits per heavy atom. The van der Waals surface area contributed by atoms with Crippen molar-refractivity contribution in [1.82, 2.24) is 4.90 Å². The molecule has 3 nitrogen and oxygen atoms in total. The second-order valence-electron chi connectivity index (χ2n) is 5.31. The maximum atomic E-state index is 12.5. The Kier molecular flexibility index (Phi) is 4.43. The number of morpholine rings is 1. The summed E-state index contributed by atoms with van der Waals surface area (Å²) in [5.74, 6) is 0.589. The van der Waals surface area contributed by atoms with Gasteiger partial charge in [-0.1, -0.05) is 26.7 Å². The Bertz CT molecular complexity index is 261. The van der Waals surface area contributed by atoms with Crippen molar-refractivity contribution in [1.29, 1.82) is 0 Å². The van der Waals surface area contributed by atoms with Crippen LogP contribution in [0.2, 0.25) is 0 Å². The molecule has 1 amide bonds. The highest BCUT2D eigenvalue weighted by molar-refractivity contribution is 5.79. The van der Waals surface area contributed by atoms with Crippen LogP contribution in [0.4, 0.5) is 0 Å². The highest BCUT2D eigenvalue weighted by atomic mass is 16.5. The van der Waals surface area contributed by atoms with E-state index >= 15 is 0 Å². The van der Waals surface area contributed by atoms with E-state index in [1.807, 2.05) is 0 Å². The molecule has 1 saturated carbocycles. The van der Waals surface area contributed by atoms with Gasteiger partial charge in [0.15, 0.2) is 0 Å². The van der Waals surface area contributed by atoms with Crippen molar-refractivity contribution < 1.29 is 9.53 Å². The van der Waals surface area contributed by atoms with Gasteiger partial charge in [-0.25, -0.2) is 0 Å². The van der Waals surface area contributed by atoms with Gasteiger partial charge in [0.25, 0.3) is 0 Å². The zero-order chi connectivity index (χ0) is 12.3. The third kappa shape index (κ3) is 2.65. The molecule has 1 aliphatic carbocycles. The average Bonchev–Trinajstić information content (AvgIpc) is 2.39. The van der Waals surface area contributed by atoms with E-state index in [4.69, 9.17) is 4.74 Å². The minimum absolute atomic E-state index is 0.218. The molecule has 2 fully saturated rings. The van der Waals surface area contributed by atoms with Crippen LogP contribution < -0.4 is 0 Å². The summed E-state index contributed by atoms with van der Waals surface area (Å²) in [6.07, 6.45) is 7.02. The van der Waals surface area contributed by atoms with Gasteiger partial charge in [0, 0.05) is 12.5 Å². The van der Waals surface area contributed by atoms with Crippen LogP contribution in [0.1, 0.15) is 52.4 Å². The molecule has 98 valence electrons. The lowest BCUT2D eigenvalue weighted by Gasteiger charge is -2.44. The molecule has 0 N–H and O–H groups in total. The summed E-state index contributed by atoms with van der Waals surface area (Å²) in [6.45, 7) is 5.76. The lowest BCUT2D eigenvalue weighted by atomic mass is 9.89. The molecular weight excluding hydrogens is 214 g/mol. The molecule has 1 aliphatic heterocycles. The minimum Gasteiger partial charge on any atom is -0.374 e. The fraction of sp³-hybridized carbons (Fsp3) is 0.929. The second kappa shape index (κ2) is 5.85. The summed E-state index contributed by atoms with van der Waals surface area (Å²) in [5.41, 5.74) is 0. The number of carbonyl (C=O) groups is 1. The SMILES string of the molecule is CCC(CC)C(=O)N1CCO[C@@H]2CCCC[C@@H]21. The van der Waals surface area contributed by atoms with Crippen LogP contribution in [0.25, 0.3) is 0 Å². The number of ether oxygens (including phenoxy) is 1. The summed E-state index contributed by atoms with van der Waals surface area (Å²) in [5, 5.41) is 0. The van der Waals surface area contributed by atoms with Crippen LogP contribution >= 0.6 is 0 Å². The van der Waals surface area contributed by atoms with Crippen molar-refractivity contribution in [3.8, 4) is 0 Å². The average molecular weight is 239 g/mol. The highest BCUT2D eigenvalue weighted by Gasteiger charge is 2.37. The van der Waals surface area contributed by atoms with Crippen molar-refractivity contribution in [2.75, 3.05) is 13.2 Å². The monoisotopic (exact) mass is 239 g/mol. The standard InChI is InChI=1S/C14H25NO2/c1-3-11(4-2)14(16)15-9-10-17-13-8-6-5-7-12(13)15/h11-13H,3-10H2,1-2H3/t12-,13+/m0/s1. The number of nitrogens with zero attached hydrogens (tertiary/aromatic N) is 1. The van der Waals surface area contributed by atoms with Gasteiger partial charge in [-0.3, -0.25) is 4.79 Å². The fourth-order valence-electron chi connectivity index (χ4n) is 3.24. The smallest absolute Gasteiger partial charge is 0.226 e. The minimum atomic E-state index is 0.218. The first-order valence-electron chi connectivity index (χ1n) is 7.20. The van der Waals surface area contributed by atoms with E-state index in [0.717, 1.165) is 38.8 Å². The fourth-order valence-corrected chi connectivity index (χ4v) is 3.24. The van der Waals surface area contributed by atoms with Crippen LogP contribution in [-0.2, 0) is 9.53 Å². The second-order valence-corrected chi connectivity index (χ2v) is 5.31. The van der Waals surface area contributed by atoms with Gasteiger partial charge in [-0.2, -0.15) is 0 Å². The van der Waals surface area contributed by atoms with Crippen molar-refractivity contribution in [3.63, 3.8) is 0 Å². The molecule has 0 unspecified atom stereocenters. The molecule has 17 heavy (non-hydrogen) atoms. The normalized spacial score (nSPS) is 29.2. The third-order valence-electron chi connectivity index (χ3n) is 4.35. The van der Waals surface area contributed by atoms with Crippen LogP contribution in [0.5, 0.6) is 0 Å². The number of fused-ring (bicyclic) bond motifs is 1. The zero-order valence-corrected chi connectivity index (χ0v) is 11.2. The van der Waals surface area contributed by atoms with Gasteiger partial charge < -0.3 is 9.64 Å². The predicted octanol–water partition coefficient (Wildman–Crippen LogP) is 2.59. The quantitative estimate of drug-likeness (QED) is 0.757. The topological polar surface area (TPSA) is 29.5 Å². The molecule has 3 heteroatoms. The van der Waals surface area contributed by atoms with Gasteiger partial charge in [0.2, 0.25) is 5.91 Å². The van der Waals surface area contributed by atoms with E-state index < -0.39 is 0 Å². The molecule has 2 aliphatic rings. The summed E-state index contributed by atoms with van der Waals surface area (Å²) >= 11 is 0. The first kappa shape index (κ1) is 12.9. The molecule has 0 aromatic carbocycles. The molecule has 0 aromatic heterocycles. The third-order valence-corrected chi connectivity index (χ3v) is 4.35. The molecule has 1 saturated heterocycles. The van der Waals surface area contributed by atoms with E-state index in [9.17, 15) is 4.79 Å². The van der Waals surface area contributed by atoms with Gasteiger partial charge in [-0.15, -0.1) is 0 Å². The first-order chi connectivity index (χ1) is 8.27. The summed E-state index contributed by atoms with van der Waals surface area (Å²) < 4.78 is 5.82. The zero-order valence-electron chi connectivity index (χ0n) is 11.2. The first-order valence-corrected chi connectivity index (χ1v) is 7.20. The van der Waals surface area contributed by atoms with Crippen LogP contribution in [0.3, 0.4) is 0 Å². The van der Waals surface area contributed by atoms with Gasteiger partial charge in [0.1, 0.15) is 0 Å². The van der Waals surface area contributed by atoms with Crippen molar-refractivity contribution in [3.05, 3.63) is 0 Å². The number of hydrogen-bond acceptors (Lipinski definition) is 2. The van der Waals surface area contributed by atoms with Crippen molar-refractivity contribution >= 4 is 5.91 Å². The molecule has 2 rings (SSSR count). The maximum Gasteiger partial charge on any atom is 0.226 e. The molecule has 0 spiro atoms. The number of rotatable bonds is 3. The summed E-state index contributed by atoms with van der Waals surface area (Å²) in [4.78, 5) is 14.6. The number of carbonyl (C=O) groups excluding carboxylic acids is 1. The van der Waals surface area contributed by atoms with Gasteiger partial charge in [0.05, 0.1) is 18.8 Å². The van der Waals surface area contributed by atoms with E-state index in [1.54, 1.807) is 0 Å². The molecule has 1 heterocycles. The van der Waals surface area contributed by atoms with Gasteiger partial charge in [-0.05, 0) is 25.7 Å². The lowest BCUT2D eigenvalue weighted by molar-refractivity contribution is -0.154. The Hall–Kier alpha value is -0.570. The van der Waals surface area contributed by atoms with Crippen molar-refractivity contribution in [2.45, 2.75) is 64.5 Å². The molecule has 0 radical (unpaired) electrons. The highest BCUT2D eigenvalue weighted by Crippen LogP contribution is 2.30. The van der Waals surface area contributed by atoms with Crippen LogP contribution in [-0.4, -0.2) is 36.1 Å². The molecular formula is C14H25NO2. The Balaban J connectivity index is 2.05. The lowest BCUT2D eigenvalue weighted by Crippen LogP contribution is -2.56. The van der Waals surface area contributed by atoms with E-state index in [-0.39, 0.29) is 5.92 Å². The van der Waals surface area contributed by atoms with Crippen LogP contribution in [0.15, 0.2) is 0 Å². The van der Waals surface area contributed by atoms with Crippen LogP contribution in [0, 0.1) is 5.92 Å².